The number of benzene rings is 4. The van der Waals surface area contributed by atoms with E-state index in [1.54, 1.807) is 24.3 Å². The van der Waals surface area contributed by atoms with Gasteiger partial charge in [0.15, 0.2) is 0 Å². The van der Waals surface area contributed by atoms with Gasteiger partial charge in [-0.1, -0.05) is 48.5 Å². The molecule has 0 aliphatic rings. The van der Waals surface area contributed by atoms with Gasteiger partial charge in [-0.15, -0.1) is 0 Å². The van der Waals surface area contributed by atoms with E-state index >= 15 is 0 Å². The molecule has 0 aromatic heterocycles. The Balaban J connectivity index is 1.59. The second-order valence-corrected chi connectivity index (χ2v) is 7.47. The molecule has 0 bridgehead atoms. The summed E-state index contributed by atoms with van der Waals surface area (Å²) in [6, 6.07) is 23.7. The molecule has 32 heavy (non-hydrogen) atoms. The highest BCUT2D eigenvalue weighted by Crippen LogP contribution is 2.33. The fraction of sp³-hybridized carbons (Fsp3) is 0.0769. The van der Waals surface area contributed by atoms with Crippen molar-refractivity contribution >= 4 is 22.6 Å². The number of hydrogen-bond donors (Lipinski definition) is 4. The van der Waals surface area contributed by atoms with E-state index in [1.165, 1.54) is 30.3 Å². The zero-order chi connectivity index (χ0) is 22.7. The lowest BCUT2D eigenvalue weighted by molar-refractivity contribution is 0.0696. The number of aromatic hydroxyl groups is 1. The summed E-state index contributed by atoms with van der Waals surface area (Å²) >= 11 is 0. The Morgan fingerprint density at radius 2 is 1.50 bits per heavy atom. The molecule has 1 amide bonds. The molecule has 0 heterocycles. The van der Waals surface area contributed by atoms with Crippen LogP contribution in [-0.2, 0) is 6.54 Å². The van der Waals surface area contributed by atoms with Crippen molar-refractivity contribution in [1.82, 2.24) is 5.32 Å². The monoisotopic (exact) mass is 427 g/mol. The van der Waals surface area contributed by atoms with Crippen LogP contribution in [0, 0.1) is 0 Å². The van der Waals surface area contributed by atoms with Crippen LogP contribution in [-0.4, -0.2) is 27.2 Å². The molecule has 4 aromatic carbocycles. The molecule has 0 saturated heterocycles. The van der Waals surface area contributed by atoms with Crippen molar-refractivity contribution in [1.29, 1.82) is 0 Å². The molecule has 4 rings (SSSR count). The van der Waals surface area contributed by atoms with Gasteiger partial charge in [-0.25, -0.2) is 4.79 Å². The number of phenolic OH excluding ortho intramolecular Hbond substituents is 1. The Labute approximate surface area is 184 Å². The van der Waals surface area contributed by atoms with E-state index < -0.39 is 12.1 Å². The van der Waals surface area contributed by atoms with Crippen LogP contribution >= 0.6 is 0 Å². The lowest BCUT2D eigenvalue weighted by atomic mass is 9.96. The van der Waals surface area contributed by atoms with E-state index in [4.69, 9.17) is 5.11 Å². The molecular formula is C26H21NO5. The third-order valence-corrected chi connectivity index (χ3v) is 5.31. The topological polar surface area (TPSA) is 107 Å². The summed E-state index contributed by atoms with van der Waals surface area (Å²) in [6.07, 6.45) is -1.15. The quantitative estimate of drug-likeness (QED) is 0.368. The number of hydrogen-bond acceptors (Lipinski definition) is 4. The number of amides is 1. The number of phenols is 1. The van der Waals surface area contributed by atoms with Gasteiger partial charge in [-0.3, -0.25) is 4.79 Å². The molecule has 6 heteroatoms. The largest absolute Gasteiger partial charge is 0.508 e. The summed E-state index contributed by atoms with van der Waals surface area (Å²) in [5.74, 6) is -1.37. The number of aliphatic hydroxyl groups excluding tert-OH is 1. The predicted octanol–water partition coefficient (Wildman–Crippen LogP) is 4.26. The minimum absolute atomic E-state index is 0.0893. The molecule has 4 N–H and O–H groups in total. The lowest BCUT2D eigenvalue weighted by Crippen LogP contribution is -2.22. The van der Waals surface area contributed by atoms with Crippen molar-refractivity contribution in [3.63, 3.8) is 0 Å². The molecule has 0 fully saturated rings. The Morgan fingerprint density at radius 3 is 2.19 bits per heavy atom. The van der Waals surface area contributed by atoms with Crippen molar-refractivity contribution in [2.24, 2.45) is 0 Å². The summed E-state index contributed by atoms with van der Waals surface area (Å²) in [5, 5.41) is 34.5. The average Bonchev–Trinajstić information content (AvgIpc) is 2.82. The van der Waals surface area contributed by atoms with Crippen LogP contribution in [0.15, 0.2) is 84.9 Å². The second-order valence-electron chi connectivity index (χ2n) is 7.47. The van der Waals surface area contributed by atoms with E-state index in [0.29, 0.717) is 23.1 Å². The fourth-order valence-electron chi connectivity index (χ4n) is 3.53. The first-order valence-electron chi connectivity index (χ1n) is 10.0. The molecular weight excluding hydrogens is 406 g/mol. The van der Waals surface area contributed by atoms with Crippen LogP contribution in [0.2, 0.25) is 0 Å². The van der Waals surface area contributed by atoms with Crippen molar-refractivity contribution in [3.05, 3.63) is 113 Å². The highest BCUT2D eigenvalue weighted by molar-refractivity contribution is 5.99. The van der Waals surface area contributed by atoms with Gasteiger partial charge in [0, 0.05) is 17.7 Å². The molecule has 0 saturated carbocycles. The summed E-state index contributed by atoms with van der Waals surface area (Å²) in [5.41, 5.74) is 2.27. The van der Waals surface area contributed by atoms with Gasteiger partial charge in [-0.05, 0) is 58.3 Å². The van der Waals surface area contributed by atoms with Crippen molar-refractivity contribution in [2.75, 3.05) is 0 Å². The van der Waals surface area contributed by atoms with Gasteiger partial charge < -0.3 is 20.6 Å². The number of nitrogens with one attached hydrogen (secondary N) is 1. The zero-order valence-electron chi connectivity index (χ0n) is 17.0. The van der Waals surface area contributed by atoms with E-state index in [0.717, 1.165) is 10.9 Å². The maximum absolute atomic E-state index is 12.6. The Bertz CT molecular complexity index is 1280. The predicted molar refractivity (Wildman–Crippen MR) is 121 cm³/mol. The Kier molecular flexibility index (Phi) is 5.87. The number of carboxylic acids is 1. The van der Waals surface area contributed by atoms with Crippen LogP contribution in [0.25, 0.3) is 10.8 Å². The Morgan fingerprint density at radius 1 is 0.812 bits per heavy atom. The van der Waals surface area contributed by atoms with Crippen LogP contribution in [0.1, 0.15) is 43.5 Å². The van der Waals surface area contributed by atoms with Crippen LogP contribution in [0.5, 0.6) is 5.75 Å². The number of rotatable bonds is 6. The van der Waals surface area contributed by atoms with E-state index in [9.17, 15) is 19.8 Å². The number of carbonyl (C=O) groups is 2. The highest BCUT2D eigenvalue weighted by Gasteiger charge is 2.17. The minimum atomic E-state index is -1.15. The number of aromatic carboxylic acids is 1. The first-order chi connectivity index (χ1) is 15.4. The average molecular weight is 427 g/mol. The molecule has 6 nitrogen and oxygen atoms in total. The van der Waals surface area contributed by atoms with Gasteiger partial charge in [-0.2, -0.15) is 0 Å². The van der Waals surface area contributed by atoms with Crippen LogP contribution in [0.3, 0.4) is 0 Å². The molecule has 1 atom stereocenters. The van der Waals surface area contributed by atoms with Gasteiger partial charge in [0.25, 0.3) is 5.91 Å². The van der Waals surface area contributed by atoms with Gasteiger partial charge in [0.2, 0.25) is 0 Å². The van der Waals surface area contributed by atoms with Crippen LogP contribution < -0.4 is 5.32 Å². The molecule has 0 spiro atoms. The number of aliphatic hydroxyl groups is 1. The first-order valence-corrected chi connectivity index (χ1v) is 10.0. The lowest BCUT2D eigenvalue weighted by Gasteiger charge is -2.15. The minimum Gasteiger partial charge on any atom is -0.508 e. The molecule has 0 aliphatic carbocycles. The number of carbonyl (C=O) groups excluding carboxylic acids is 1. The third kappa shape index (κ3) is 4.45. The number of fused-ring (bicyclic) bond motifs is 1. The standard InChI is InChI=1S/C26H21NO5/c28-23-14-19-10-11-20(25(30)27-15-16-4-2-1-3-5-16)12-21(19)13-22(23)24(29)17-6-8-18(9-7-17)26(31)32/h1-14,24,28-29H,15H2,(H,27,30)(H,31,32). The molecule has 1 unspecified atom stereocenters. The number of carboxylic acid groups (broad SMARTS) is 1. The highest BCUT2D eigenvalue weighted by atomic mass is 16.4. The summed E-state index contributed by atoms with van der Waals surface area (Å²) < 4.78 is 0. The van der Waals surface area contributed by atoms with Crippen molar-refractivity contribution in [3.8, 4) is 5.75 Å². The fourth-order valence-corrected chi connectivity index (χ4v) is 3.53. The van der Waals surface area contributed by atoms with Gasteiger partial charge in [0.1, 0.15) is 11.9 Å². The first kappa shape index (κ1) is 21.1. The summed E-state index contributed by atoms with van der Waals surface area (Å²) in [7, 11) is 0. The summed E-state index contributed by atoms with van der Waals surface area (Å²) in [6.45, 7) is 0.406. The third-order valence-electron chi connectivity index (χ3n) is 5.31. The molecule has 0 aliphatic heterocycles. The van der Waals surface area contributed by atoms with E-state index in [2.05, 4.69) is 5.32 Å². The Hall–Kier alpha value is -4.16. The van der Waals surface area contributed by atoms with E-state index in [-0.39, 0.29) is 22.8 Å². The molecule has 4 aromatic rings. The smallest absolute Gasteiger partial charge is 0.335 e. The summed E-state index contributed by atoms with van der Waals surface area (Å²) in [4.78, 5) is 23.6. The van der Waals surface area contributed by atoms with Crippen LogP contribution in [0.4, 0.5) is 0 Å². The zero-order valence-corrected chi connectivity index (χ0v) is 17.0. The molecule has 160 valence electrons. The maximum atomic E-state index is 12.6. The van der Waals surface area contributed by atoms with Crippen molar-refractivity contribution in [2.45, 2.75) is 12.6 Å². The second kappa shape index (κ2) is 8.91. The SMILES string of the molecule is O=C(O)c1ccc(C(O)c2cc3cc(C(=O)NCc4ccccc4)ccc3cc2O)cc1. The van der Waals surface area contributed by atoms with Crippen molar-refractivity contribution < 1.29 is 24.9 Å². The normalized spacial score (nSPS) is 11.8. The van der Waals surface area contributed by atoms with Gasteiger partial charge >= 0.3 is 5.97 Å². The maximum Gasteiger partial charge on any atom is 0.335 e. The van der Waals surface area contributed by atoms with Gasteiger partial charge in [0.05, 0.1) is 5.56 Å². The van der Waals surface area contributed by atoms with E-state index in [1.807, 2.05) is 30.3 Å². The molecule has 0 radical (unpaired) electrons.